The minimum atomic E-state index is -1.82. The van der Waals surface area contributed by atoms with Gasteiger partial charge in [-0.25, -0.2) is 0 Å². The highest BCUT2D eigenvalue weighted by atomic mass is 16.7. The highest BCUT2D eigenvalue weighted by Gasteiger charge is 2.60. The number of hydrogen-bond donors (Lipinski definition) is 3. The lowest BCUT2D eigenvalue weighted by molar-refractivity contribution is -0.340. The molecule has 5 fully saturated rings. The molecule has 0 radical (unpaired) electrons. The summed E-state index contributed by atoms with van der Waals surface area (Å²) < 4.78 is 64.2. The zero-order valence-corrected chi connectivity index (χ0v) is 39.2. The molecule has 7 rings (SSSR count). The van der Waals surface area contributed by atoms with Gasteiger partial charge in [-0.1, -0.05) is 64.5 Å². The van der Waals surface area contributed by atoms with Crippen LogP contribution in [0.5, 0.6) is 0 Å². The van der Waals surface area contributed by atoms with Crippen molar-refractivity contribution in [2.75, 3.05) is 20.8 Å². The van der Waals surface area contributed by atoms with E-state index in [-0.39, 0.29) is 30.8 Å². The number of methoxy groups -OCH3 is 2. The molecule has 14 nitrogen and oxygen atoms in total. The van der Waals surface area contributed by atoms with Crippen LogP contribution in [0, 0.1) is 23.7 Å². The van der Waals surface area contributed by atoms with E-state index in [0.29, 0.717) is 67.9 Å². The number of allylic oxidation sites excluding steroid dienone is 2. The molecule has 3 N–H and O–H groups in total. The van der Waals surface area contributed by atoms with Crippen molar-refractivity contribution < 1.29 is 67.5 Å². The number of carbonyl (C=O) groups is 1. The second-order valence-electron chi connectivity index (χ2n) is 19.6. The third kappa shape index (κ3) is 10.1. The summed E-state index contributed by atoms with van der Waals surface area (Å²) in [5.41, 5.74) is 0.214. The summed E-state index contributed by atoms with van der Waals surface area (Å²) in [5.74, 6) is -2.05. The van der Waals surface area contributed by atoms with Crippen LogP contribution in [-0.2, 0) is 52.2 Å². The molecule has 6 aliphatic heterocycles. The molecule has 6 heterocycles. The number of ether oxygens (including phenoxy) is 10. The molecule has 7 aliphatic rings. The van der Waals surface area contributed by atoms with Crippen LogP contribution < -0.4 is 0 Å². The van der Waals surface area contributed by atoms with Crippen molar-refractivity contribution in [3.8, 4) is 0 Å². The van der Waals surface area contributed by atoms with E-state index in [1.165, 1.54) is 0 Å². The maximum Gasteiger partial charge on any atom is 0.316 e. The Morgan fingerprint density at radius 3 is 2.35 bits per heavy atom. The van der Waals surface area contributed by atoms with E-state index >= 15 is 0 Å². The van der Waals surface area contributed by atoms with Crippen LogP contribution in [0.3, 0.4) is 0 Å². The van der Waals surface area contributed by atoms with Crippen LogP contribution in [0.25, 0.3) is 0 Å². The second-order valence-corrected chi connectivity index (χ2v) is 19.6. The van der Waals surface area contributed by atoms with Gasteiger partial charge in [0, 0.05) is 52.2 Å². The third-order valence-corrected chi connectivity index (χ3v) is 15.3. The number of hydrogen-bond acceptors (Lipinski definition) is 14. The quantitative estimate of drug-likeness (QED) is 0.182. The molecular weight excluding hydrogens is 813 g/mol. The molecular formula is C49H76O14. The van der Waals surface area contributed by atoms with Gasteiger partial charge in [0.05, 0.1) is 49.3 Å². The number of rotatable bonds is 9. The normalized spacial score (nSPS) is 46.7. The number of carbonyl (C=O) groups excluding carboxylic acids is 1. The van der Waals surface area contributed by atoms with E-state index in [1.807, 2.05) is 13.0 Å². The molecule has 0 aromatic rings. The van der Waals surface area contributed by atoms with Crippen molar-refractivity contribution in [3.05, 3.63) is 47.1 Å². The van der Waals surface area contributed by atoms with E-state index < -0.39 is 90.8 Å². The first kappa shape index (κ1) is 48.9. The molecule has 0 saturated carbocycles. The first-order valence-electron chi connectivity index (χ1n) is 23.7. The summed E-state index contributed by atoms with van der Waals surface area (Å²) in [5, 5.41) is 34.4. The van der Waals surface area contributed by atoms with Gasteiger partial charge < -0.3 is 62.7 Å². The fraction of sp³-hybridized carbons (Fsp3) is 0.816. The van der Waals surface area contributed by atoms with Crippen LogP contribution >= 0.6 is 0 Å². The van der Waals surface area contributed by atoms with Gasteiger partial charge >= 0.3 is 5.97 Å². The Morgan fingerprint density at radius 2 is 1.63 bits per heavy atom. The van der Waals surface area contributed by atoms with Crippen LogP contribution in [-0.4, -0.2) is 139 Å². The molecule has 14 heteroatoms. The fourth-order valence-electron chi connectivity index (χ4n) is 11.2. The topological polar surface area (TPSA) is 170 Å². The van der Waals surface area contributed by atoms with Crippen LogP contribution in [0.15, 0.2) is 47.1 Å². The minimum Gasteiger partial charge on any atom is -0.462 e. The van der Waals surface area contributed by atoms with Gasteiger partial charge in [0.15, 0.2) is 18.4 Å². The molecule has 0 aromatic heterocycles. The second kappa shape index (κ2) is 20.4. The average molecular weight is 889 g/mol. The number of esters is 1. The van der Waals surface area contributed by atoms with E-state index in [0.717, 1.165) is 18.4 Å². The zero-order valence-electron chi connectivity index (χ0n) is 39.2. The Balaban J connectivity index is 1.19. The van der Waals surface area contributed by atoms with Crippen molar-refractivity contribution in [2.24, 2.45) is 23.7 Å². The lowest BCUT2D eigenvalue weighted by Crippen LogP contribution is -2.58. The summed E-state index contributed by atoms with van der Waals surface area (Å²) >= 11 is 0. The van der Waals surface area contributed by atoms with Crippen LogP contribution in [0.1, 0.15) is 113 Å². The maximum absolute atomic E-state index is 14.4. The smallest absolute Gasteiger partial charge is 0.316 e. The summed E-state index contributed by atoms with van der Waals surface area (Å²) in [7, 11) is 3.24. The molecule has 20 atom stereocenters. The number of aliphatic hydroxyl groups excluding tert-OH is 2. The maximum atomic E-state index is 14.4. The van der Waals surface area contributed by atoms with Gasteiger partial charge in [-0.05, 0) is 75.5 Å². The van der Waals surface area contributed by atoms with Gasteiger partial charge in [-0.2, -0.15) is 0 Å². The van der Waals surface area contributed by atoms with E-state index in [4.69, 9.17) is 47.4 Å². The van der Waals surface area contributed by atoms with Gasteiger partial charge in [0.25, 0.3) is 0 Å². The lowest BCUT2D eigenvalue weighted by atomic mass is 9.71. The standard InChI is InChI=1S/C49H76O14/c1-11-26(3)43-28(5)18-19-48(63-43)24-35-21-34(62-48)17-16-27(4)44(60-40-23-38(55-10)45(31(8)58-40)61-39-22-37(54-9)42(51)30(7)57-39)32(12-2)14-13-15-33-25-56-46-41(50)29(6)20-36(47(52)59-35)49(33,46)53/h13-16,20,26,28,30-32,34-46,50-51,53H,11-12,17-19,21-25H2,1-10H3/t26-,28-,30-,31-,32-,34+,35-,36-,37-,38-,39-,40-,41+,42-,43+,44+,45-,46+,48+,49+/m0/s1. The Morgan fingerprint density at radius 1 is 0.921 bits per heavy atom. The Kier molecular flexibility index (Phi) is 15.9. The first-order chi connectivity index (χ1) is 30.0. The van der Waals surface area contributed by atoms with Gasteiger partial charge in [-0.3, -0.25) is 4.79 Å². The molecule has 2 bridgehead atoms. The van der Waals surface area contributed by atoms with Crippen LogP contribution in [0.2, 0.25) is 0 Å². The Labute approximate surface area is 374 Å². The van der Waals surface area contributed by atoms with E-state index in [9.17, 15) is 20.1 Å². The summed E-state index contributed by atoms with van der Waals surface area (Å²) in [6.45, 7) is 16.4. The van der Waals surface area contributed by atoms with Gasteiger partial charge in [-0.15, -0.1) is 0 Å². The van der Waals surface area contributed by atoms with E-state index in [1.54, 1.807) is 40.2 Å². The molecule has 1 aliphatic carbocycles. The van der Waals surface area contributed by atoms with E-state index in [2.05, 4.69) is 46.8 Å². The molecule has 0 amide bonds. The molecule has 356 valence electrons. The number of aliphatic hydroxyl groups is 3. The summed E-state index contributed by atoms with van der Waals surface area (Å²) in [4.78, 5) is 14.4. The molecule has 5 saturated heterocycles. The largest absolute Gasteiger partial charge is 0.462 e. The molecule has 0 aromatic carbocycles. The molecule has 0 unspecified atom stereocenters. The predicted octanol–water partition coefficient (Wildman–Crippen LogP) is 5.99. The summed E-state index contributed by atoms with van der Waals surface area (Å²) in [6.07, 6.45) is 7.41. The monoisotopic (exact) mass is 889 g/mol. The van der Waals surface area contributed by atoms with Gasteiger partial charge in [0.1, 0.15) is 42.0 Å². The fourth-order valence-corrected chi connectivity index (χ4v) is 11.2. The van der Waals surface area contributed by atoms with Crippen molar-refractivity contribution in [2.45, 2.75) is 210 Å². The molecule has 1 spiro atoms. The highest BCUT2D eigenvalue weighted by molar-refractivity contribution is 5.78. The third-order valence-electron chi connectivity index (χ3n) is 15.3. The minimum absolute atomic E-state index is 0.00758. The first-order valence-corrected chi connectivity index (χ1v) is 23.7. The molecule has 63 heavy (non-hydrogen) atoms. The Bertz CT molecular complexity index is 1690. The summed E-state index contributed by atoms with van der Waals surface area (Å²) in [6, 6.07) is 0. The zero-order chi connectivity index (χ0) is 45.4. The van der Waals surface area contributed by atoms with Crippen molar-refractivity contribution in [1.29, 1.82) is 0 Å². The van der Waals surface area contributed by atoms with Crippen molar-refractivity contribution in [1.82, 2.24) is 0 Å². The predicted molar refractivity (Wildman–Crippen MR) is 232 cm³/mol. The Hall–Kier alpha value is -2.05. The van der Waals surface area contributed by atoms with Crippen LogP contribution in [0.4, 0.5) is 0 Å². The van der Waals surface area contributed by atoms with Crippen molar-refractivity contribution >= 4 is 5.97 Å². The highest BCUT2D eigenvalue weighted by Crippen LogP contribution is 2.48. The number of fused-ring (bicyclic) bond motifs is 2. The lowest BCUT2D eigenvalue weighted by Gasteiger charge is -2.51. The van der Waals surface area contributed by atoms with Gasteiger partial charge in [0.2, 0.25) is 0 Å². The average Bonchev–Trinajstić information content (AvgIpc) is 3.60. The SMILES string of the molecule is CC[C@H]1C=CC=C2CO[C@@H]3[C@H](O)C(C)=C[C@@H](C(=O)O[C@H]4C[C@@H](CC=C(C)[C@H]1O[C@H]1C[C@H](OC)[C@@H](O[C@H]5C[C@H](OC)[C@@H](O)[C@H](C)O5)[C@H](C)O1)O[C@@]1(CC[C@H](C)[C@@H]([C@@H](C)CC)O1)C4)[C@]23O. The van der Waals surface area contributed by atoms with Crippen molar-refractivity contribution in [3.63, 3.8) is 0 Å².